The smallest absolute Gasteiger partial charge is 0.361 e. The Kier molecular flexibility index (Phi) is 20.0. The van der Waals surface area contributed by atoms with Gasteiger partial charge in [0.1, 0.15) is 25.3 Å². The molecule has 0 unspecified atom stereocenters. The quantitative estimate of drug-likeness (QED) is 0.0287. The summed E-state index contributed by atoms with van der Waals surface area (Å²) in [6.45, 7) is 8.67. The molecule has 6 aromatic carbocycles. The number of benzene rings is 6. The molecule has 0 saturated heterocycles. The average molecular weight is 1480 g/mol. The van der Waals surface area contributed by atoms with E-state index in [4.69, 9.17) is 67.7 Å². The minimum absolute atomic E-state index is 0.0897. The summed E-state index contributed by atoms with van der Waals surface area (Å²) >= 11 is 2.91. The molecule has 109 heavy (non-hydrogen) atoms. The van der Waals surface area contributed by atoms with Gasteiger partial charge in [-0.2, -0.15) is 0 Å². The van der Waals surface area contributed by atoms with Crippen LogP contribution in [0.4, 0.5) is 0 Å². The Hall–Kier alpha value is -13.7. The van der Waals surface area contributed by atoms with Gasteiger partial charge in [0, 0.05) is 44.5 Å². The number of esters is 4. The highest BCUT2D eigenvalue weighted by atomic mass is 32.1. The van der Waals surface area contributed by atoms with E-state index in [1.807, 2.05) is 192 Å². The van der Waals surface area contributed by atoms with Crippen LogP contribution in [0.15, 0.2) is 191 Å². The van der Waals surface area contributed by atoms with Crippen molar-refractivity contribution in [1.29, 1.82) is 0 Å². The van der Waals surface area contributed by atoms with Crippen molar-refractivity contribution in [3.05, 3.63) is 303 Å². The molecule has 24 heteroatoms. The van der Waals surface area contributed by atoms with Gasteiger partial charge in [0.15, 0.2) is 49.9 Å². The molecule has 0 saturated carbocycles. The summed E-state index contributed by atoms with van der Waals surface area (Å²) < 4.78 is 39.7. The molecule has 0 bridgehead atoms. The van der Waals surface area contributed by atoms with Crippen molar-refractivity contribution < 1.29 is 47.6 Å². The zero-order chi connectivity index (χ0) is 75.4. The zero-order valence-corrected chi connectivity index (χ0v) is 61.0. The van der Waals surface area contributed by atoms with Crippen LogP contribution >= 0.6 is 22.7 Å². The highest BCUT2D eigenvalue weighted by Crippen LogP contribution is 2.38. The standard InChI is InChI=1S/C45H34N6O5.C40H28N6O5S2/c1-5-11-31-17-19-37-35(21-31)41(33-15-10-8-13-29(33)4)47-23-39-43(49-25-51(37)39)45(53)56-27-54-26-55-44(52)42-38-22-46-40(32-14-9-7-12-28(32)3)34-20-30(6-2)16-18-36(34)50(38)24-48-42;1-5-25-15-29-37(52-25)33(27-13-9-7-11-23(27)3)41-17-31-35(43-19-45(29)31)39(47)50-21-49-22-51-40(48)36-32-18-42-34(28-14-10-8-12-24(28)4)38-30(46(32)20-44-36)16-26(6-2)53-38/h2,7-10,12-21,24-25H,22-23,26-27H2,1,3-4H3;1-2,7-16,19-20H,17-18,21-22H2,3-4H3. The first-order valence-electron chi connectivity index (χ1n) is 34.1. The molecule has 0 radical (unpaired) electrons. The van der Waals surface area contributed by atoms with Gasteiger partial charge >= 0.3 is 23.9 Å². The first kappa shape index (κ1) is 70.9. The Morgan fingerprint density at radius 2 is 0.697 bits per heavy atom. The number of aryl methyl sites for hydroxylation is 4. The molecule has 0 fully saturated rings. The van der Waals surface area contributed by atoms with Crippen molar-refractivity contribution in [3.8, 4) is 71.6 Å². The van der Waals surface area contributed by atoms with E-state index in [1.54, 1.807) is 32.2 Å². The number of carbonyl (C=O) groups is 4. The maximum absolute atomic E-state index is 13.3. The zero-order valence-electron chi connectivity index (χ0n) is 59.3. The van der Waals surface area contributed by atoms with E-state index in [0.717, 1.165) is 126 Å². The fraction of sp³-hybridized carbons (Fsp3) is 0.153. The number of hydrogen-bond donors (Lipinski definition) is 0. The highest BCUT2D eigenvalue weighted by molar-refractivity contribution is 7.15. The SMILES string of the molecule is C#Cc1cc2c(s1)C(c1ccccc1C)=NCc1c(C(=O)OCOCOC(=O)c3ncn4c3CN=C(c3ccccc3C)c3sc(C#C)cc3-4)ncn1-2.C#Cc1ccc2c(c1)C(c1ccccc1C)=NCc1c(C(=O)OCOCOC(=O)c3ncn4c3CN=C(c3ccccc3C)c3cc(C#CC)ccc3-4)ncn1-2. The molecule has 4 aliphatic rings. The lowest BCUT2D eigenvalue weighted by Crippen LogP contribution is -2.16. The van der Waals surface area contributed by atoms with Crippen LogP contribution in [0.2, 0.25) is 0 Å². The van der Waals surface area contributed by atoms with Crippen molar-refractivity contribution in [2.45, 2.75) is 60.8 Å². The van der Waals surface area contributed by atoms with E-state index in [9.17, 15) is 19.2 Å². The number of terminal acetylenes is 3. The van der Waals surface area contributed by atoms with Crippen LogP contribution in [-0.4, -0.2) is 112 Å². The molecule has 0 spiro atoms. The first-order valence-corrected chi connectivity index (χ1v) is 35.8. The second-order valence-corrected chi connectivity index (χ2v) is 27.2. The minimum atomic E-state index is -0.715. The van der Waals surface area contributed by atoms with Gasteiger partial charge in [-0.3, -0.25) is 38.2 Å². The second-order valence-electron chi connectivity index (χ2n) is 25.1. The number of ether oxygens (including phenoxy) is 6. The molecule has 0 N–H and O–H groups in total. The molecule has 0 aliphatic carbocycles. The van der Waals surface area contributed by atoms with Crippen LogP contribution in [0.25, 0.3) is 22.7 Å². The van der Waals surface area contributed by atoms with Gasteiger partial charge in [0.25, 0.3) is 0 Å². The largest absolute Gasteiger partial charge is 0.434 e. The Balaban J connectivity index is 0.000000174. The summed E-state index contributed by atoms with van der Waals surface area (Å²) in [4.78, 5) is 93.5. The maximum Gasteiger partial charge on any atom is 0.361 e. The molecule has 0 atom stereocenters. The molecule has 6 aromatic heterocycles. The van der Waals surface area contributed by atoms with Crippen molar-refractivity contribution in [2.24, 2.45) is 20.0 Å². The first-order chi connectivity index (χ1) is 53.2. The van der Waals surface area contributed by atoms with Crippen LogP contribution in [0.5, 0.6) is 0 Å². The number of nitrogens with zero attached hydrogens (tertiary/aromatic N) is 12. The van der Waals surface area contributed by atoms with Crippen molar-refractivity contribution >= 4 is 69.4 Å². The molecule has 22 nitrogen and oxygen atoms in total. The van der Waals surface area contributed by atoms with E-state index in [1.165, 1.54) is 22.7 Å². The van der Waals surface area contributed by atoms with Gasteiger partial charge < -0.3 is 28.4 Å². The number of aromatic nitrogens is 8. The third kappa shape index (κ3) is 13.8. The van der Waals surface area contributed by atoms with Gasteiger partial charge in [0.2, 0.25) is 0 Å². The fourth-order valence-corrected chi connectivity index (χ4v) is 15.2. The summed E-state index contributed by atoms with van der Waals surface area (Å²) in [5.41, 5.74) is 20.3. The van der Waals surface area contributed by atoms with Crippen molar-refractivity contribution in [1.82, 2.24) is 38.2 Å². The van der Waals surface area contributed by atoms with Crippen LogP contribution < -0.4 is 0 Å². The molecule has 4 aliphatic heterocycles. The van der Waals surface area contributed by atoms with E-state index < -0.39 is 51.0 Å². The molecular weight excluding hydrogens is 1410 g/mol. The van der Waals surface area contributed by atoms with Crippen LogP contribution in [-0.2, 0) is 54.6 Å². The Labute approximate surface area is 633 Å². The predicted octanol–water partition coefficient (Wildman–Crippen LogP) is 13.1. The Morgan fingerprint density at radius 3 is 1.03 bits per heavy atom. The minimum Gasteiger partial charge on any atom is -0.434 e. The number of thiophene rings is 2. The van der Waals surface area contributed by atoms with E-state index in [-0.39, 0.29) is 49.0 Å². The van der Waals surface area contributed by atoms with Gasteiger partial charge in [0.05, 0.1) is 114 Å². The molecule has 12 aromatic rings. The maximum atomic E-state index is 13.3. The average Bonchev–Trinajstić information content (AvgIpc) is 1.63. The summed E-state index contributed by atoms with van der Waals surface area (Å²) in [7, 11) is 0. The number of imidazole rings is 4. The Morgan fingerprint density at radius 1 is 0.385 bits per heavy atom. The number of rotatable bonds is 16. The normalized spacial score (nSPS) is 12.6. The second kappa shape index (κ2) is 30.8. The monoisotopic (exact) mass is 1470 g/mol. The van der Waals surface area contributed by atoms with Crippen LogP contribution in [0, 0.1) is 76.6 Å². The number of carbonyl (C=O) groups excluding carboxylic acids is 4. The van der Waals surface area contributed by atoms with Crippen molar-refractivity contribution in [3.63, 3.8) is 0 Å². The van der Waals surface area contributed by atoms with Gasteiger partial charge in [-0.15, -0.1) is 47.9 Å². The Bertz CT molecular complexity index is 5900. The molecule has 0 amide bonds. The van der Waals surface area contributed by atoms with Crippen LogP contribution in [0.1, 0.15) is 158 Å². The summed E-state index contributed by atoms with van der Waals surface area (Å²) in [5.74, 6) is 11.4. The van der Waals surface area contributed by atoms with Gasteiger partial charge in [-0.25, -0.2) is 39.1 Å². The van der Waals surface area contributed by atoms with Gasteiger partial charge in [-0.05, 0) is 105 Å². The third-order valence-electron chi connectivity index (χ3n) is 18.6. The molecule has 10 heterocycles. The topological polar surface area (TPSA) is 244 Å². The fourth-order valence-electron chi connectivity index (χ4n) is 13.3. The van der Waals surface area contributed by atoms with Gasteiger partial charge in [-0.1, -0.05) is 121 Å². The van der Waals surface area contributed by atoms with E-state index in [2.05, 4.69) is 49.5 Å². The number of aliphatic imine (C=N–C) groups is 4. The lowest BCUT2D eigenvalue weighted by molar-refractivity contribution is -0.0945. The summed E-state index contributed by atoms with van der Waals surface area (Å²) in [5, 5.41) is 0. The predicted molar refractivity (Wildman–Crippen MR) is 412 cm³/mol. The third-order valence-corrected chi connectivity index (χ3v) is 20.7. The summed E-state index contributed by atoms with van der Waals surface area (Å²) in [6.07, 6.45) is 23.6. The molecule has 534 valence electrons. The van der Waals surface area contributed by atoms with E-state index >= 15 is 0 Å². The van der Waals surface area contributed by atoms with Crippen LogP contribution in [0.3, 0.4) is 0 Å². The van der Waals surface area contributed by atoms with E-state index in [0.29, 0.717) is 28.3 Å². The lowest BCUT2D eigenvalue weighted by Gasteiger charge is -2.14. The lowest BCUT2D eigenvalue weighted by atomic mass is 9.95. The van der Waals surface area contributed by atoms with Crippen molar-refractivity contribution in [2.75, 3.05) is 27.2 Å². The summed E-state index contributed by atoms with van der Waals surface area (Å²) in [6, 6.07) is 47.3. The number of hydrogen-bond acceptors (Lipinski definition) is 20. The molecular formula is C85H62N12O10S2. The number of fused-ring (bicyclic) bond motifs is 12. The highest BCUT2D eigenvalue weighted by Gasteiger charge is 2.33. The molecule has 16 rings (SSSR count).